The number of rotatable bonds is 2. The fraction of sp³-hybridized carbons (Fsp3) is 0.429. The van der Waals surface area contributed by atoms with Gasteiger partial charge in [-0.15, -0.1) is 0 Å². The van der Waals surface area contributed by atoms with Crippen molar-refractivity contribution in [3.63, 3.8) is 0 Å². The number of hydrogen-bond donors (Lipinski definition) is 3. The third-order valence-corrected chi connectivity index (χ3v) is 3.83. The summed E-state index contributed by atoms with van der Waals surface area (Å²) >= 11 is 0. The lowest BCUT2D eigenvalue weighted by Gasteiger charge is -2.25. The highest BCUT2D eigenvalue weighted by molar-refractivity contribution is 5.79. The van der Waals surface area contributed by atoms with Crippen LogP contribution < -0.4 is 10.9 Å². The SMILES string of the molecule is CNC1CCCc2cc3nc(CO)[nH]c(=O)c3cc21. The zero-order valence-corrected chi connectivity index (χ0v) is 10.9. The standard InChI is InChI=1S/C14H17N3O2/c1-15-11-4-2-3-8-5-12-10(6-9(8)11)14(19)17-13(7-18)16-12/h5-6,11,15,18H,2-4,7H2,1H3,(H,16,17,19). The number of aromatic nitrogens is 2. The van der Waals surface area contributed by atoms with E-state index in [0.717, 1.165) is 19.3 Å². The molecule has 0 fully saturated rings. The average Bonchev–Trinajstić information content (AvgIpc) is 2.44. The summed E-state index contributed by atoms with van der Waals surface area (Å²) in [6, 6.07) is 4.24. The van der Waals surface area contributed by atoms with Gasteiger partial charge in [0.15, 0.2) is 0 Å². The van der Waals surface area contributed by atoms with Crippen molar-refractivity contribution in [2.24, 2.45) is 0 Å². The number of aliphatic hydroxyl groups excluding tert-OH is 1. The monoisotopic (exact) mass is 259 g/mol. The maximum absolute atomic E-state index is 12.0. The number of nitrogens with one attached hydrogen (secondary N) is 2. The largest absolute Gasteiger partial charge is 0.388 e. The molecule has 100 valence electrons. The van der Waals surface area contributed by atoms with E-state index in [4.69, 9.17) is 5.11 Å². The van der Waals surface area contributed by atoms with Crippen molar-refractivity contribution < 1.29 is 5.11 Å². The van der Waals surface area contributed by atoms with E-state index in [2.05, 4.69) is 15.3 Å². The molecular weight excluding hydrogens is 242 g/mol. The summed E-state index contributed by atoms with van der Waals surface area (Å²) in [5.41, 5.74) is 2.94. The van der Waals surface area contributed by atoms with E-state index < -0.39 is 0 Å². The fourth-order valence-electron chi connectivity index (χ4n) is 2.86. The number of benzene rings is 1. The van der Waals surface area contributed by atoms with Crippen LogP contribution in [0, 0.1) is 0 Å². The number of hydrogen-bond acceptors (Lipinski definition) is 4. The quantitative estimate of drug-likeness (QED) is 0.752. The topological polar surface area (TPSA) is 78.0 Å². The lowest BCUT2D eigenvalue weighted by molar-refractivity contribution is 0.271. The second-order valence-electron chi connectivity index (χ2n) is 4.97. The fourth-order valence-corrected chi connectivity index (χ4v) is 2.86. The molecule has 1 unspecified atom stereocenters. The lowest BCUT2D eigenvalue weighted by atomic mass is 9.87. The molecule has 0 saturated carbocycles. The van der Waals surface area contributed by atoms with Crippen LogP contribution in [-0.2, 0) is 13.0 Å². The number of H-pyrrole nitrogens is 1. The summed E-state index contributed by atoms with van der Waals surface area (Å²) in [5.74, 6) is 0.318. The van der Waals surface area contributed by atoms with Crippen molar-refractivity contribution in [3.05, 3.63) is 39.4 Å². The minimum absolute atomic E-state index is 0.183. The van der Waals surface area contributed by atoms with Gasteiger partial charge in [-0.05, 0) is 49.6 Å². The van der Waals surface area contributed by atoms with Gasteiger partial charge in [0.2, 0.25) is 0 Å². The van der Waals surface area contributed by atoms with Crippen LogP contribution in [0.4, 0.5) is 0 Å². The second kappa shape index (κ2) is 4.75. The number of aliphatic hydroxyl groups is 1. The van der Waals surface area contributed by atoms with Crippen LogP contribution in [0.15, 0.2) is 16.9 Å². The molecule has 0 bridgehead atoms. The van der Waals surface area contributed by atoms with E-state index in [0.29, 0.717) is 22.8 Å². The molecule has 1 aliphatic rings. The van der Waals surface area contributed by atoms with Crippen LogP contribution >= 0.6 is 0 Å². The van der Waals surface area contributed by atoms with E-state index in [1.54, 1.807) is 0 Å². The molecule has 0 radical (unpaired) electrons. The average molecular weight is 259 g/mol. The lowest BCUT2D eigenvalue weighted by Crippen LogP contribution is -2.22. The van der Waals surface area contributed by atoms with Crippen molar-refractivity contribution in [2.75, 3.05) is 7.05 Å². The Morgan fingerprint density at radius 2 is 2.37 bits per heavy atom. The predicted molar refractivity (Wildman–Crippen MR) is 73.0 cm³/mol. The predicted octanol–water partition coefficient (Wildman–Crippen LogP) is 1.01. The highest BCUT2D eigenvalue weighted by Crippen LogP contribution is 2.31. The number of aromatic amines is 1. The van der Waals surface area contributed by atoms with Crippen LogP contribution in [0.2, 0.25) is 0 Å². The summed E-state index contributed by atoms with van der Waals surface area (Å²) in [5, 5.41) is 13.0. The maximum Gasteiger partial charge on any atom is 0.258 e. The van der Waals surface area contributed by atoms with E-state index in [9.17, 15) is 4.79 Å². The third kappa shape index (κ3) is 2.05. The van der Waals surface area contributed by atoms with Crippen LogP contribution in [0.5, 0.6) is 0 Å². The van der Waals surface area contributed by atoms with Crippen molar-refractivity contribution in [1.29, 1.82) is 0 Å². The van der Waals surface area contributed by atoms with Gasteiger partial charge in [0, 0.05) is 6.04 Å². The summed E-state index contributed by atoms with van der Waals surface area (Å²) < 4.78 is 0. The van der Waals surface area contributed by atoms with Crippen LogP contribution in [0.3, 0.4) is 0 Å². The zero-order valence-electron chi connectivity index (χ0n) is 10.9. The minimum Gasteiger partial charge on any atom is -0.388 e. The normalized spacial score (nSPS) is 18.5. The first-order valence-electron chi connectivity index (χ1n) is 6.56. The first-order valence-corrected chi connectivity index (χ1v) is 6.56. The summed E-state index contributed by atoms with van der Waals surface area (Å²) in [4.78, 5) is 18.9. The van der Waals surface area contributed by atoms with Gasteiger partial charge in [0.1, 0.15) is 12.4 Å². The second-order valence-corrected chi connectivity index (χ2v) is 4.97. The molecule has 2 aromatic rings. The molecule has 5 heteroatoms. The molecule has 1 aliphatic carbocycles. The van der Waals surface area contributed by atoms with E-state index in [-0.39, 0.29) is 12.2 Å². The van der Waals surface area contributed by atoms with E-state index >= 15 is 0 Å². The number of nitrogens with zero attached hydrogens (tertiary/aromatic N) is 1. The van der Waals surface area contributed by atoms with Crippen molar-refractivity contribution in [3.8, 4) is 0 Å². The van der Waals surface area contributed by atoms with Gasteiger partial charge in [0.25, 0.3) is 5.56 Å². The highest BCUT2D eigenvalue weighted by Gasteiger charge is 2.20. The Hall–Kier alpha value is -1.72. The van der Waals surface area contributed by atoms with Gasteiger partial charge in [-0.3, -0.25) is 4.79 Å². The first-order chi connectivity index (χ1) is 9.22. The Kier molecular flexibility index (Phi) is 3.08. The number of aryl methyl sites for hydroxylation is 1. The molecule has 5 nitrogen and oxygen atoms in total. The molecule has 0 amide bonds. The van der Waals surface area contributed by atoms with Crippen LogP contribution in [0.1, 0.15) is 35.8 Å². The van der Waals surface area contributed by atoms with Gasteiger partial charge in [0.05, 0.1) is 10.9 Å². The smallest absolute Gasteiger partial charge is 0.258 e. The summed E-state index contributed by atoms with van der Waals surface area (Å²) in [6.07, 6.45) is 3.25. The molecule has 19 heavy (non-hydrogen) atoms. The maximum atomic E-state index is 12.0. The molecule has 0 aliphatic heterocycles. The molecular formula is C14H17N3O2. The minimum atomic E-state index is -0.249. The van der Waals surface area contributed by atoms with Gasteiger partial charge in [-0.25, -0.2) is 4.98 Å². The Morgan fingerprint density at radius 3 is 3.11 bits per heavy atom. The molecule has 0 spiro atoms. The van der Waals surface area contributed by atoms with Gasteiger partial charge in [-0.1, -0.05) is 0 Å². The van der Waals surface area contributed by atoms with Crippen molar-refractivity contribution in [1.82, 2.24) is 15.3 Å². The first kappa shape index (κ1) is 12.3. The van der Waals surface area contributed by atoms with E-state index in [1.807, 2.05) is 19.2 Å². The third-order valence-electron chi connectivity index (χ3n) is 3.83. The molecule has 3 rings (SSSR count). The van der Waals surface area contributed by atoms with Crippen LogP contribution in [0.25, 0.3) is 10.9 Å². The summed E-state index contributed by atoms with van der Waals surface area (Å²) in [7, 11) is 1.95. The Balaban J connectivity index is 2.26. The molecule has 1 aromatic carbocycles. The summed E-state index contributed by atoms with van der Waals surface area (Å²) in [6.45, 7) is -0.249. The van der Waals surface area contributed by atoms with Gasteiger partial charge < -0.3 is 15.4 Å². The molecule has 1 atom stereocenters. The number of fused-ring (bicyclic) bond motifs is 2. The Morgan fingerprint density at radius 1 is 1.53 bits per heavy atom. The van der Waals surface area contributed by atoms with Gasteiger partial charge in [-0.2, -0.15) is 0 Å². The zero-order chi connectivity index (χ0) is 13.4. The molecule has 0 saturated heterocycles. The highest BCUT2D eigenvalue weighted by atomic mass is 16.3. The Labute approximate surface area is 110 Å². The van der Waals surface area contributed by atoms with Crippen molar-refractivity contribution >= 4 is 10.9 Å². The molecule has 1 aromatic heterocycles. The van der Waals surface area contributed by atoms with Gasteiger partial charge >= 0.3 is 0 Å². The van der Waals surface area contributed by atoms with Crippen molar-refractivity contribution in [2.45, 2.75) is 31.9 Å². The van der Waals surface area contributed by atoms with E-state index in [1.165, 1.54) is 11.1 Å². The molecule has 3 N–H and O–H groups in total. The molecule has 1 heterocycles. The Bertz CT molecular complexity index is 678. The van der Waals surface area contributed by atoms with Crippen LogP contribution in [-0.4, -0.2) is 22.1 Å².